The molecule has 208 valence electrons. The Balaban J connectivity index is 1.33. The summed E-state index contributed by atoms with van der Waals surface area (Å²) in [6.07, 6.45) is 9.52. The molecule has 2 amide bonds. The van der Waals surface area contributed by atoms with E-state index >= 15 is 0 Å². The van der Waals surface area contributed by atoms with Crippen LogP contribution in [0.5, 0.6) is 0 Å². The van der Waals surface area contributed by atoms with E-state index in [-0.39, 0.29) is 24.5 Å². The Labute approximate surface area is 233 Å². The molecule has 4 aromatic rings. The van der Waals surface area contributed by atoms with Gasteiger partial charge in [0.2, 0.25) is 5.91 Å². The largest absolute Gasteiger partial charge is 0.467 e. The summed E-state index contributed by atoms with van der Waals surface area (Å²) in [4.78, 5) is 29.5. The maximum Gasteiger partial charge on any atom is 0.251 e. The molecular weight excluding hydrogens is 506 g/mol. The van der Waals surface area contributed by atoms with E-state index in [0.29, 0.717) is 36.0 Å². The zero-order chi connectivity index (χ0) is 27.3. The summed E-state index contributed by atoms with van der Waals surface area (Å²) in [5.74, 6) is 0.301. The number of benzene rings is 2. The molecule has 0 unspecified atom stereocenters. The van der Waals surface area contributed by atoms with Gasteiger partial charge in [-0.15, -0.1) is 5.10 Å². The van der Waals surface area contributed by atoms with Crippen LogP contribution in [0.3, 0.4) is 0 Å². The predicted octanol–water partition coefficient (Wildman–Crippen LogP) is 5.14. The van der Waals surface area contributed by atoms with Crippen LogP contribution in [0, 0.1) is 0 Å². The van der Waals surface area contributed by atoms with Crippen LogP contribution in [0.15, 0.2) is 71.3 Å². The van der Waals surface area contributed by atoms with Crippen molar-refractivity contribution in [2.75, 3.05) is 18.1 Å². The van der Waals surface area contributed by atoms with Gasteiger partial charge in [-0.2, -0.15) is 0 Å². The Kier molecular flexibility index (Phi) is 7.90. The minimum atomic E-state index is -1.00. The lowest BCUT2D eigenvalue weighted by atomic mass is 9.84. The maximum absolute atomic E-state index is 14.1. The summed E-state index contributed by atoms with van der Waals surface area (Å²) in [6, 6.07) is 18.1. The molecule has 1 aliphatic carbocycles. The molecule has 2 aliphatic rings. The van der Waals surface area contributed by atoms with Crippen molar-refractivity contribution in [1.29, 1.82) is 0 Å². The van der Waals surface area contributed by atoms with Gasteiger partial charge in [0.05, 0.1) is 17.9 Å². The molecule has 40 heavy (non-hydrogen) atoms. The number of furan rings is 1. The number of carbonyl (C=O) groups is 2. The van der Waals surface area contributed by atoms with E-state index < -0.39 is 6.04 Å². The smallest absolute Gasteiger partial charge is 0.251 e. The highest BCUT2D eigenvalue weighted by atomic mass is 16.5. The van der Waals surface area contributed by atoms with Crippen LogP contribution in [0.1, 0.15) is 68.2 Å². The highest BCUT2D eigenvalue weighted by Crippen LogP contribution is 2.35. The monoisotopic (exact) mass is 541 g/mol. The van der Waals surface area contributed by atoms with Crippen LogP contribution >= 0.6 is 0 Å². The second-order valence-corrected chi connectivity index (χ2v) is 10.7. The first-order valence-electron chi connectivity index (χ1n) is 14.3. The number of amides is 2. The summed E-state index contributed by atoms with van der Waals surface area (Å²) in [5.41, 5.74) is 3.36. The lowest BCUT2D eigenvalue weighted by Crippen LogP contribution is -2.46. The Morgan fingerprint density at radius 3 is 2.55 bits per heavy atom. The third-order valence-corrected chi connectivity index (χ3v) is 8.07. The van der Waals surface area contributed by atoms with Crippen molar-refractivity contribution < 1.29 is 18.7 Å². The number of fused-ring (bicyclic) bond motifs is 1. The van der Waals surface area contributed by atoms with Crippen LogP contribution in [-0.2, 0) is 20.9 Å². The number of para-hydroxylation sites is 1. The number of aromatic nitrogens is 3. The van der Waals surface area contributed by atoms with Gasteiger partial charge in [-0.3, -0.25) is 14.5 Å². The van der Waals surface area contributed by atoms with Crippen molar-refractivity contribution >= 4 is 28.5 Å². The molecule has 1 aliphatic heterocycles. The number of ether oxygens (including phenoxy) is 1. The van der Waals surface area contributed by atoms with Gasteiger partial charge < -0.3 is 14.5 Å². The number of nitrogens with zero attached hydrogens (tertiary/aromatic N) is 4. The fourth-order valence-corrected chi connectivity index (χ4v) is 5.96. The molecule has 1 N–H and O–H groups in total. The van der Waals surface area contributed by atoms with Gasteiger partial charge in [0, 0.05) is 18.8 Å². The minimum Gasteiger partial charge on any atom is -0.467 e. The SMILES string of the molecule is O=C(NC[C@@H]1CCCO1)[C@H](c1ccco1)N(C(=O)Cn1nnc2ccccc21)c1ccc(C2CCCCC2)cc1. The lowest BCUT2D eigenvalue weighted by molar-refractivity contribution is -0.127. The lowest BCUT2D eigenvalue weighted by Gasteiger charge is -2.31. The van der Waals surface area contributed by atoms with E-state index in [9.17, 15) is 9.59 Å². The van der Waals surface area contributed by atoms with Crippen molar-refractivity contribution in [1.82, 2.24) is 20.3 Å². The second kappa shape index (κ2) is 12.0. The van der Waals surface area contributed by atoms with Gasteiger partial charge in [0.15, 0.2) is 6.04 Å². The van der Waals surface area contributed by atoms with Gasteiger partial charge in [-0.1, -0.05) is 48.7 Å². The summed E-state index contributed by atoms with van der Waals surface area (Å²) in [7, 11) is 0. The van der Waals surface area contributed by atoms with E-state index in [1.807, 2.05) is 36.4 Å². The predicted molar refractivity (Wildman–Crippen MR) is 151 cm³/mol. The average molecular weight is 542 g/mol. The molecular formula is C31H35N5O4. The molecule has 2 fully saturated rings. The van der Waals surface area contributed by atoms with E-state index in [2.05, 4.69) is 27.8 Å². The number of rotatable bonds is 9. The van der Waals surface area contributed by atoms with E-state index in [0.717, 1.165) is 18.4 Å². The summed E-state index contributed by atoms with van der Waals surface area (Å²) in [5, 5.41) is 11.4. The summed E-state index contributed by atoms with van der Waals surface area (Å²) in [6.45, 7) is 0.999. The van der Waals surface area contributed by atoms with E-state index in [1.165, 1.54) is 48.8 Å². The Bertz CT molecular complexity index is 1420. The summed E-state index contributed by atoms with van der Waals surface area (Å²) >= 11 is 0. The van der Waals surface area contributed by atoms with Crippen LogP contribution < -0.4 is 10.2 Å². The molecule has 2 atom stereocenters. The molecule has 1 saturated heterocycles. The van der Waals surface area contributed by atoms with Crippen molar-refractivity contribution in [3.05, 3.63) is 78.3 Å². The van der Waals surface area contributed by atoms with Crippen molar-refractivity contribution in [3.63, 3.8) is 0 Å². The fourth-order valence-electron chi connectivity index (χ4n) is 5.96. The number of anilines is 1. The molecule has 3 heterocycles. The Morgan fingerprint density at radius 1 is 0.975 bits per heavy atom. The molecule has 2 aromatic carbocycles. The van der Waals surface area contributed by atoms with Gasteiger partial charge >= 0.3 is 0 Å². The van der Waals surface area contributed by atoms with Crippen LogP contribution in [-0.4, -0.2) is 46.1 Å². The third kappa shape index (κ3) is 5.65. The van der Waals surface area contributed by atoms with Crippen molar-refractivity contribution in [2.45, 2.75) is 69.6 Å². The topological polar surface area (TPSA) is 102 Å². The molecule has 2 aromatic heterocycles. The van der Waals surface area contributed by atoms with E-state index in [1.54, 1.807) is 16.8 Å². The zero-order valence-corrected chi connectivity index (χ0v) is 22.6. The molecule has 0 spiro atoms. The Hall–Kier alpha value is -3.98. The minimum absolute atomic E-state index is 0.0263. The molecule has 9 nitrogen and oxygen atoms in total. The second-order valence-electron chi connectivity index (χ2n) is 10.7. The Morgan fingerprint density at radius 2 is 1.80 bits per heavy atom. The fraction of sp³-hybridized carbons (Fsp3) is 0.419. The van der Waals surface area contributed by atoms with Crippen LogP contribution in [0.2, 0.25) is 0 Å². The van der Waals surface area contributed by atoms with Gasteiger partial charge in [0.1, 0.15) is 17.8 Å². The number of hydrogen-bond donors (Lipinski definition) is 1. The summed E-state index contributed by atoms with van der Waals surface area (Å²) < 4.78 is 13.0. The molecule has 9 heteroatoms. The number of hydrogen-bond acceptors (Lipinski definition) is 6. The molecule has 6 rings (SSSR count). The van der Waals surface area contributed by atoms with Gasteiger partial charge in [-0.25, -0.2) is 4.68 Å². The normalized spacial score (nSPS) is 18.6. The number of carbonyl (C=O) groups excluding carboxylic acids is 2. The van der Waals surface area contributed by atoms with Gasteiger partial charge in [0.25, 0.3) is 5.91 Å². The quantitative estimate of drug-likeness (QED) is 0.315. The molecule has 1 saturated carbocycles. The first-order valence-corrected chi connectivity index (χ1v) is 14.3. The van der Waals surface area contributed by atoms with Gasteiger partial charge in [-0.05, 0) is 73.6 Å². The van der Waals surface area contributed by atoms with E-state index in [4.69, 9.17) is 9.15 Å². The first-order chi connectivity index (χ1) is 19.7. The molecule has 0 radical (unpaired) electrons. The average Bonchev–Trinajstić information content (AvgIpc) is 3.79. The highest BCUT2D eigenvalue weighted by Gasteiger charge is 2.36. The molecule has 0 bridgehead atoms. The first kappa shape index (κ1) is 26.3. The van der Waals surface area contributed by atoms with Crippen LogP contribution in [0.4, 0.5) is 5.69 Å². The van der Waals surface area contributed by atoms with Crippen molar-refractivity contribution in [3.8, 4) is 0 Å². The zero-order valence-electron chi connectivity index (χ0n) is 22.6. The van der Waals surface area contributed by atoms with Crippen molar-refractivity contribution in [2.24, 2.45) is 0 Å². The standard InChI is InChI=1S/C31H35N5O4/c37-29(21-35-27-12-5-4-11-26(27)33-34-35)36(24-16-14-23(15-17-24)22-8-2-1-3-9-22)30(28-13-7-19-40-28)31(38)32-20-25-10-6-18-39-25/h4-5,7,11-17,19,22,25,30H,1-3,6,8-10,18,20-21H2,(H,32,38)/t25-,30-/m0/s1. The number of nitrogens with one attached hydrogen (secondary N) is 1. The van der Waals surface area contributed by atoms with Crippen LogP contribution in [0.25, 0.3) is 11.0 Å². The highest BCUT2D eigenvalue weighted by molar-refractivity contribution is 6.01. The third-order valence-electron chi connectivity index (χ3n) is 8.07. The maximum atomic E-state index is 14.1.